The number of allylic oxidation sites excluding steroid dienone is 2. The predicted molar refractivity (Wildman–Crippen MR) is 80.5 cm³/mol. The summed E-state index contributed by atoms with van der Waals surface area (Å²) in [6, 6.07) is 0. The van der Waals surface area contributed by atoms with E-state index in [0.29, 0.717) is 11.3 Å². The number of hydrogen-bond donors (Lipinski definition) is 1. The largest absolute Gasteiger partial charge is 0.411 e. The first kappa shape index (κ1) is 14.6. The van der Waals surface area contributed by atoms with Crippen LogP contribution in [-0.4, -0.2) is 10.9 Å². The van der Waals surface area contributed by atoms with Gasteiger partial charge in [0.05, 0.1) is 5.71 Å². The summed E-state index contributed by atoms with van der Waals surface area (Å²) in [5.41, 5.74) is 2.72. The van der Waals surface area contributed by atoms with Crippen molar-refractivity contribution in [2.45, 2.75) is 60.3 Å². The van der Waals surface area contributed by atoms with Crippen molar-refractivity contribution < 1.29 is 5.21 Å². The van der Waals surface area contributed by atoms with Crippen molar-refractivity contribution in [1.82, 2.24) is 0 Å². The second-order valence-corrected chi connectivity index (χ2v) is 7.39. The minimum Gasteiger partial charge on any atom is -0.411 e. The van der Waals surface area contributed by atoms with E-state index < -0.39 is 0 Å². The van der Waals surface area contributed by atoms with E-state index in [4.69, 9.17) is 5.21 Å². The average molecular weight is 263 g/mol. The van der Waals surface area contributed by atoms with Crippen LogP contribution in [0, 0.1) is 29.1 Å². The van der Waals surface area contributed by atoms with E-state index in [1.807, 2.05) is 0 Å². The van der Waals surface area contributed by atoms with Crippen LogP contribution in [-0.2, 0) is 0 Å². The molecule has 0 saturated heterocycles. The minimum atomic E-state index is 0.315. The Morgan fingerprint density at radius 3 is 2.42 bits per heavy atom. The highest BCUT2D eigenvalue weighted by molar-refractivity contribution is 5.96. The highest BCUT2D eigenvalue weighted by Gasteiger charge is 2.48. The van der Waals surface area contributed by atoms with E-state index in [-0.39, 0.29) is 0 Å². The van der Waals surface area contributed by atoms with Gasteiger partial charge in [-0.2, -0.15) is 0 Å². The highest BCUT2D eigenvalue weighted by Crippen LogP contribution is 2.56. The summed E-state index contributed by atoms with van der Waals surface area (Å²) >= 11 is 0. The second-order valence-electron chi connectivity index (χ2n) is 7.39. The molecule has 2 nitrogen and oxygen atoms in total. The average Bonchev–Trinajstić information content (AvgIpc) is 2.35. The van der Waals surface area contributed by atoms with Gasteiger partial charge in [0.25, 0.3) is 0 Å². The molecule has 0 amide bonds. The molecule has 2 aliphatic carbocycles. The van der Waals surface area contributed by atoms with Crippen LogP contribution in [0.15, 0.2) is 16.8 Å². The van der Waals surface area contributed by atoms with Gasteiger partial charge < -0.3 is 5.21 Å². The molecule has 108 valence electrons. The molecule has 2 rings (SSSR count). The lowest BCUT2D eigenvalue weighted by Gasteiger charge is -2.53. The number of oxime groups is 1. The Labute approximate surface area is 118 Å². The Morgan fingerprint density at radius 1 is 1.21 bits per heavy atom. The Morgan fingerprint density at radius 2 is 1.89 bits per heavy atom. The van der Waals surface area contributed by atoms with Gasteiger partial charge in [0.15, 0.2) is 0 Å². The van der Waals surface area contributed by atoms with E-state index in [0.717, 1.165) is 36.3 Å². The molecule has 19 heavy (non-hydrogen) atoms. The molecule has 2 heteroatoms. The van der Waals surface area contributed by atoms with Gasteiger partial charge in [0.2, 0.25) is 0 Å². The molecule has 0 spiro atoms. The van der Waals surface area contributed by atoms with Crippen molar-refractivity contribution in [3.63, 3.8) is 0 Å². The van der Waals surface area contributed by atoms with Gasteiger partial charge in [-0.1, -0.05) is 45.3 Å². The molecule has 2 aliphatic rings. The Hall–Kier alpha value is -0.790. The zero-order valence-electron chi connectivity index (χ0n) is 13.1. The lowest BCUT2D eigenvalue weighted by Crippen LogP contribution is -2.45. The maximum atomic E-state index is 9.02. The van der Waals surface area contributed by atoms with E-state index in [9.17, 15) is 0 Å². The zero-order valence-corrected chi connectivity index (χ0v) is 13.1. The summed E-state index contributed by atoms with van der Waals surface area (Å²) in [6.45, 7) is 12.0. The minimum absolute atomic E-state index is 0.315. The quantitative estimate of drug-likeness (QED) is 0.559. The van der Waals surface area contributed by atoms with Crippen molar-refractivity contribution in [2.75, 3.05) is 0 Å². The number of hydrogen-bond acceptors (Lipinski definition) is 2. The van der Waals surface area contributed by atoms with Crippen LogP contribution in [0.25, 0.3) is 0 Å². The molecule has 0 bridgehead atoms. The van der Waals surface area contributed by atoms with Gasteiger partial charge in [0, 0.05) is 0 Å². The van der Waals surface area contributed by atoms with E-state index in [1.165, 1.54) is 18.4 Å². The molecule has 0 radical (unpaired) electrons. The van der Waals surface area contributed by atoms with Crippen LogP contribution in [0.4, 0.5) is 0 Å². The number of fused-ring (bicyclic) bond motifs is 1. The van der Waals surface area contributed by atoms with Crippen molar-refractivity contribution in [3.8, 4) is 0 Å². The van der Waals surface area contributed by atoms with Gasteiger partial charge in [-0.3, -0.25) is 0 Å². The molecule has 0 aromatic rings. The van der Waals surface area contributed by atoms with Crippen LogP contribution < -0.4 is 0 Å². The summed E-state index contributed by atoms with van der Waals surface area (Å²) < 4.78 is 0. The fourth-order valence-electron chi connectivity index (χ4n) is 4.76. The Kier molecular flexibility index (Phi) is 4.08. The van der Waals surface area contributed by atoms with Crippen molar-refractivity contribution in [1.29, 1.82) is 0 Å². The lowest BCUT2D eigenvalue weighted by atomic mass is 9.52. The maximum absolute atomic E-state index is 9.02. The third kappa shape index (κ3) is 2.46. The third-order valence-electron chi connectivity index (χ3n) is 5.62. The molecule has 1 saturated carbocycles. The third-order valence-corrected chi connectivity index (χ3v) is 5.62. The summed E-state index contributed by atoms with van der Waals surface area (Å²) in [5, 5.41) is 12.5. The van der Waals surface area contributed by atoms with Crippen molar-refractivity contribution in [3.05, 3.63) is 11.6 Å². The van der Waals surface area contributed by atoms with E-state index in [1.54, 1.807) is 0 Å². The van der Waals surface area contributed by atoms with Crippen LogP contribution >= 0.6 is 0 Å². The Bertz CT molecular complexity index is 394. The molecule has 0 aromatic heterocycles. The zero-order chi connectivity index (χ0) is 14.2. The molecular weight excluding hydrogens is 234 g/mol. The molecule has 3 atom stereocenters. The Balaban J connectivity index is 2.40. The van der Waals surface area contributed by atoms with Gasteiger partial charge in [0.1, 0.15) is 0 Å². The first-order valence-corrected chi connectivity index (χ1v) is 7.82. The number of rotatable bonds is 2. The molecule has 1 N–H and O–H groups in total. The van der Waals surface area contributed by atoms with Crippen molar-refractivity contribution in [2.24, 2.45) is 34.2 Å². The maximum Gasteiger partial charge on any atom is 0.0795 e. The second kappa shape index (κ2) is 5.30. The normalized spacial score (nSPS) is 37.6. The van der Waals surface area contributed by atoms with E-state index >= 15 is 0 Å². The highest BCUT2D eigenvalue weighted by atomic mass is 16.4. The number of nitrogens with zero attached hydrogens (tertiary/aromatic N) is 1. The summed E-state index contributed by atoms with van der Waals surface area (Å²) in [5.74, 6) is 3.06. The molecular formula is C17H29NO. The van der Waals surface area contributed by atoms with E-state index in [2.05, 4.69) is 45.9 Å². The van der Waals surface area contributed by atoms with Crippen LogP contribution in [0.5, 0.6) is 0 Å². The molecule has 0 heterocycles. The predicted octanol–water partition coefficient (Wildman–Crippen LogP) is 4.88. The van der Waals surface area contributed by atoms with Gasteiger partial charge in [-0.25, -0.2) is 0 Å². The van der Waals surface area contributed by atoms with Crippen LogP contribution in [0.3, 0.4) is 0 Å². The van der Waals surface area contributed by atoms with Crippen LogP contribution in [0.2, 0.25) is 0 Å². The standard InChI is InChI=1S/C17H29NO/c1-11(2)15-7-6-13-10-14(18-19)8-9-17(13,5)16(15)12(3)4/h10-12,15-16,19H,6-9H2,1-5H3/b18-14-/t15?,16?,17-/m0/s1. The van der Waals surface area contributed by atoms with Crippen LogP contribution in [0.1, 0.15) is 60.3 Å². The smallest absolute Gasteiger partial charge is 0.0795 e. The summed E-state index contributed by atoms with van der Waals surface area (Å²) in [4.78, 5) is 0. The monoisotopic (exact) mass is 263 g/mol. The topological polar surface area (TPSA) is 32.6 Å². The molecule has 2 unspecified atom stereocenters. The van der Waals surface area contributed by atoms with Gasteiger partial charge in [-0.15, -0.1) is 0 Å². The molecule has 0 aromatic carbocycles. The first-order chi connectivity index (χ1) is 8.90. The SMILES string of the molecule is CC(C)C1CCC2=C/C(=N\O)CC[C@]2(C)C1C(C)C. The fourth-order valence-corrected chi connectivity index (χ4v) is 4.76. The lowest BCUT2D eigenvalue weighted by molar-refractivity contribution is 0.0363. The first-order valence-electron chi connectivity index (χ1n) is 7.82. The molecule has 1 fully saturated rings. The van der Waals surface area contributed by atoms with Gasteiger partial charge >= 0.3 is 0 Å². The van der Waals surface area contributed by atoms with Gasteiger partial charge in [-0.05, 0) is 60.8 Å². The summed E-state index contributed by atoms with van der Waals surface area (Å²) in [6.07, 6.45) is 6.71. The fraction of sp³-hybridized carbons (Fsp3) is 0.824. The summed E-state index contributed by atoms with van der Waals surface area (Å²) in [7, 11) is 0. The molecule has 0 aliphatic heterocycles. The van der Waals surface area contributed by atoms with Crippen molar-refractivity contribution >= 4 is 5.71 Å².